The number of carbonyl (C=O) groups is 1. The number of halogens is 3. The first-order valence-electron chi connectivity index (χ1n) is 5.47. The minimum Gasteiger partial charge on any atom is -0.507 e. The Morgan fingerprint density at radius 1 is 1.16 bits per heavy atom. The Bertz CT molecular complexity index is 553. The summed E-state index contributed by atoms with van der Waals surface area (Å²) >= 11 is 0. The van der Waals surface area contributed by atoms with Gasteiger partial charge in [0.15, 0.2) is 11.4 Å². The Kier molecular flexibility index (Phi) is 2.84. The highest BCUT2D eigenvalue weighted by atomic mass is 19.4. The molecule has 2 rings (SSSR count). The molecule has 1 aromatic carbocycles. The average molecular weight is 272 g/mol. The molecular formula is C13H11F3O3. The van der Waals surface area contributed by atoms with Crippen LogP contribution >= 0.6 is 0 Å². The van der Waals surface area contributed by atoms with Gasteiger partial charge in [0.1, 0.15) is 5.57 Å². The van der Waals surface area contributed by atoms with Crippen LogP contribution in [-0.2, 0) is 15.7 Å². The van der Waals surface area contributed by atoms with E-state index < -0.39 is 23.3 Å². The first kappa shape index (κ1) is 13.5. The van der Waals surface area contributed by atoms with Crippen molar-refractivity contribution in [3.8, 4) is 0 Å². The van der Waals surface area contributed by atoms with Gasteiger partial charge in [0, 0.05) is 0 Å². The summed E-state index contributed by atoms with van der Waals surface area (Å²) < 4.78 is 42.2. The van der Waals surface area contributed by atoms with Crippen molar-refractivity contribution in [3.05, 3.63) is 41.2 Å². The van der Waals surface area contributed by atoms with Crippen LogP contribution in [0.15, 0.2) is 30.0 Å². The highest BCUT2D eigenvalue weighted by molar-refractivity contribution is 6.19. The molecule has 0 atom stereocenters. The molecule has 1 aromatic rings. The molecule has 3 nitrogen and oxygen atoms in total. The number of hydrogen-bond acceptors (Lipinski definition) is 3. The average Bonchev–Trinajstić information content (AvgIpc) is 2.47. The van der Waals surface area contributed by atoms with Crippen molar-refractivity contribution in [1.29, 1.82) is 0 Å². The van der Waals surface area contributed by atoms with Crippen LogP contribution in [0.2, 0.25) is 0 Å². The molecule has 0 spiro atoms. The summed E-state index contributed by atoms with van der Waals surface area (Å²) in [6, 6.07) is 3.98. The van der Waals surface area contributed by atoms with Gasteiger partial charge in [-0.3, -0.25) is 0 Å². The molecular weight excluding hydrogens is 261 g/mol. The molecule has 6 heteroatoms. The van der Waals surface area contributed by atoms with Gasteiger partial charge in [-0.05, 0) is 31.5 Å². The zero-order valence-electron chi connectivity index (χ0n) is 10.2. The third kappa shape index (κ3) is 2.30. The second-order valence-corrected chi connectivity index (χ2v) is 4.70. The highest BCUT2D eigenvalue weighted by Gasteiger charge is 2.41. The zero-order chi connectivity index (χ0) is 14.4. The summed E-state index contributed by atoms with van der Waals surface area (Å²) in [6.45, 7) is 2.99. The minimum atomic E-state index is -4.44. The predicted octanol–water partition coefficient (Wildman–Crippen LogP) is 3.31. The summed E-state index contributed by atoms with van der Waals surface area (Å²) in [5.41, 5.74) is -1.88. The van der Waals surface area contributed by atoms with Crippen LogP contribution in [0.3, 0.4) is 0 Å². The van der Waals surface area contributed by atoms with Crippen molar-refractivity contribution in [2.24, 2.45) is 0 Å². The van der Waals surface area contributed by atoms with Crippen LogP contribution in [0.1, 0.15) is 25.0 Å². The molecule has 1 aliphatic heterocycles. The number of carbonyl (C=O) groups excluding carboxylic acids is 1. The highest BCUT2D eigenvalue weighted by Crippen LogP contribution is 2.37. The number of rotatable bonds is 1. The summed E-state index contributed by atoms with van der Waals surface area (Å²) in [5, 5.41) is 9.88. The van der Waals surface area contributed by atoms with E-state index in [1.165, 1.54) is 13.8 Å². The van der Waals surface area contributed by atoms with E-state index in [1.807, 2.05) is 0 Å². The summed E-state index contributed by atoms with van der Waals surface area (Å²) in [7, 11) is 0. The lowest BCUT2D eigenvalue weighted by molar-refractivity contribution is -0.144. The maximum atomic E-state index is 12.4. The normalized spacial score (nSPS) is 18.7. The summed E-state index contributed by atoms with van der Waals surface area (Å²) in [6.07, 6.45) is -4.44. The van der Waals surface area contributed by atoms with Gasteiger partial charge >= 0.3 is 12.1 Å². The van der Waals surface area contributed by atoms with Gasteiger partial charge in [-0.1, -0.05) is 12.1 Å². The van der Waals surface area contributed by atoms with E-state index in [0.29, 0.717) is 0 Å². The van der Waals surface area contributed by atoms with Crippen molar-refractivity contribution in [1.82, 2.24) is 0 Å². The van der Waals surface area contributed by atoms with Crippen LogP contribution in [0.25, 0.3) is 5.57 Å². The molecule has 19 heavy (non-hydrogen) atoms. The molecule has 0 aromatic heterocycles. The van der Waals surface area contributed by atoms with Crippen molar-refractivity contribution < 1.29 is 27.8 Å². The number of esters is 1. The van der Waals surface area contributed by atoms with Gasteiger partial charge in [0.2, 0.25) is 0 Å². The Balaban J connectivity index is 2.44. The molecule has 0 saturated carbocycles. The van der Waals surface area contributed by atoms with E-state index >= 15 is 0 Å². The quantitative estimate of drug-likeness (QED) is 0.798. The Hall–Kier alpha value is -1.98. The standard InChI is InChI=1S/C13H11F3O3/c1-12(2)10(17)9(11(18)19-12)7-3-5-8(6-4-7)13(14,15)16/h3-6,17H,1-2H3. The predicted molar refractivity (Wildman–Crippen MR) is 61.2 cm³/mol. The van der Waals surface area contributed by atoms with Crippen LogP contribution in [0, 0.1) is 0 Å². The third-order valence-corrected chi connectivity index (χ3v) is 2.86. The fourth-order valence-electron chi connectivity index (χ4n) is 1.81. The van der Waals surface area contributed by atoms with Gasteiger partial charge in [-0.2, -0.15) is 13.2 Å². The van der Waals surface area contributed by atoms with Crippen molar-refractivity contribution in [3.63, 3.8) is 0 Å². The zero-order valence-corrected chi connectivity index (χ0v) is 10.2. The topological polar surface area (TPSA) is 46.5 Å². The summed E-state index contributed by atoms with van der Waals surface area (Å²) in [4.78, 5) is 11.6. The summed E-state index contributed by atoms with van der Waals surface area (Å²) in [5.74, 6) is -1.03. The molecule has 0 amide bonds. The van der Waals surface area contributed by atoms with Crippen molar-refractivity contribution in [2.45, 2.75) is 25.6 Å². The second kappa shape index (κ2) is 4.01. The Morgan fingerprint density at radius 3 is 2.05 bits per heavy atom. The lowest BCUT2D eigenvalue weighted by atomic mass is 9.99. The number of benzene rings is 1. The molecule has 0 unspecified atom stereocenters. The first-order valence-corrected chi connectivity index (χ1v) is 5.47. The van der Waals surface area contributed by atoms with E-state index in [2.05, 4.69) is 0 Å². The smallest absolute Gasteiger partial charge is 0.416 e. The fourth-order valence-corrected chi connectivity index (χ4v) is 1.81. The van der Waals surface area contributed by atoms with Gasteiger partial charge in [0.05, 0.1) is 5.56 Å². The van der Waals surface area contributed by atoms with Crippen molar-refractivity contribution in [2.75, 3.05) is 0 Å². The molecule has 0 saturated heterocycles. The van der Waals surface area contributed by atoms with Gasteiger partial charge in [0.25, 0.3) is 0 Å². The molecule has 0 aliphatic carbocycles. The van der Waals surface area contributed by atoms with Gasteiger partial charge in [-0.15, -0.1) is 0 Å². The molecule has 1 N–H and O–H groups in total. The van der Waals surface area contributed by atoms with E-state index in [1.54, 1.807) is 0 Å². The molecule has 102 valence electrons. The Morgan fingerprint density at radius 2 is 1.68 bits per heavy atom. The maximum absolute atomic E-state index is 12.4. The molecule has 0 fully saturated rings. The van der Waals surface area contributed by atoms with Crippen LogP contribution < -0.4 is 0 Å². The third-order valence-electron chi connectivity index (χ3n) is 2.86. The minimum absolute atomic E-state index is 0.0984. The SMILES string of the molecule is CC1(C)OC(=O)C(c2ccc(C(F)(F)F)cc2)=C1O. The molecule has 0 bridgehead atoms. The van der Waals surface area contributed by atoms with Crippen molar-refractivity contribution >= 4 is 11.5 Å². The monoisotopic (exact) mass is 272 g/mol. The van der Waals surface area contributed by atoms with E-state index in [4.69, 9.17) is 4.74 Å². The lowest BCUT2D eigenvalue weighted by Gasteiger charge is -2.16. The fraction of sp³-hybridized carbons (Fsp3) is 0.308. The number of aliphatic hydroxyl groups is 1. The Labute approximate surface area is 107 Å². The largest absolute Gasteiger partial charge is 0.507 e. The van der Waals surface area contributed by atoms with E-state index in [0.717, 1.165) is 24.3 Å². The number of cyclic esters (lactones) is 1. The lowest BCUT2D eigenvalue weighted by Crippen LogP contribution is -2.22. The van der Waals surface area contributed by atoms with Crippen LogP contribution in [0.4, 0.5) is 13.2 Å². The number of aliphatic hydroxyl groups excluding tert-OH is 1. The number of hydrogen-bond donors (Lipinski definition) is 1. The van der Waals surface area contributed by atoms with Crippen LogP contribution in [-0.4, -0.2) is 16.7 Å². The molecule has 1 heterocycles. The molecule has 1 aliphatic rings. The molecule has 0 radical (unpaired) electrons. The van der Waals surface area contributed by atoms with E-state index in [9.17, 15) is 23.1 Å². The number of ether oxygens (including phenoxy) is 1. The van der Waals surface area contributed by atoms with Gasteiger partial charge < -0.3 is 9.84 Å². The van der Waals surface area contributed by atoms with E-state index in [-0.39, 0.29) is 16.9 Å². The first-order chi connectivity index (χ1) is 8.63. The maximum Gasteiger partial charge on any atom is 0.416 e. The van der Waals surface area contributed by atoms with Gasteiger partial charge in [-0.25, -0.2) is 4.79 Å². The number of alkyl halides is 3. The second-order valence-electron chi connectivity index (χ2n) is 4.70. The van der Waals surface area contributed by atoms with Crippen LogP contribution in [0.5, 0.6) is 0 Å².